The average molecular weight is 264 g/mol. The van der Waals surface area contributed by atoms with E-state index >= 15 is 0 Å². The van der Waals surface area contributed by atoms with Crippen molar-refractivity contribution in [2.75, 3.05) is 12.3 Å². The molecule has 106 valence electrons. The third kappa shape index (κ3) is 2.87. The second kappa shape index (κ2) is 5.84. The topological polar surface area (TPSA) is 87.0 Å². The number of nitrogen functional groups attached to an aromatic ring is 1. The Hall–Kier alpha value is -1.20. The van der Waals surface area contributed by atoms with Crippen LogP contribution in [0.15, 0.2) is 6.20 Å². The Morgan fingerprint density at radius 2 is 2.32 bits per heavy atom. The van der Waals surface area contributed by atoms with Crippen LogP contribution in [0.5, 0.6) is 0 Å². The smallest absolute Gasteiger partial charge is 0.162 e. The van der Waals surface area contributed by atoms with Crippen LogP contribution in [0, 0.1) is 5.92 Å². The molecule has 2 unspecified atom stereocenters. The van der Waals surface area contributed by atoms with Crippen LogP contribution >= 0.6 is 0 Å². The molecule has 0 radical (unpaired) electrons. The molecule has 1 saturated carbocycles. The van der Waals surface area contributed by atoms with Gasteiger partial charge in [-0.15, -0.1) is 0 Å². The molecule has 2 rings (SSSR count). The largest absolute Gasteiger partial charge is 0.383 e. The predicted molar refractivity (Wildman–Crippen MR) is 75.3 cm³/mol. The van der Waals surface area contributed by atoms with Crippen molar-refractivity contribution in [3.8, 4) is 0 Å². The fraction of sp³-hybridized carbons (Fsp3) is 0.714. The molecule has 1 aliphatic rings. The van der Waals surface area contributed by atoms with Gasteiger partial charge in [0.25, 0.3) is 0 Å². The first kappa shape index (κ1) is 14.2. The van der Waals surface area contributed by atoms with Crippen LogP contribution in [0.25, 0.3) is 0 Å². The summed E-state index contributed by atoms with van der Waals surface area (Å²) in [5, 5.41) is 0. The number of aromatic nitrogens is 2. The zero-order chi connectivity index (χ0) is 13.9. The van der Waals surface area contributed by atoms with Gasteiger partial charge in [0.15, 0.2) is 5.82 Å². The van der Waals surface area contributed by atoms with Gasteiger partial charge in [0.1, 0.15) is 11.4 Å². The predicted octanol–water partition coefficient (Wildman–Crippen LogP) is 1.96. The minimum absolute atomic E-state index is 0.365. The Bertz CT molecular complexity index is 433. The van der Waals surface area contributed by atoms with E-state index in [0.29, 0.717) is 24.9 Å². The summed E-state index contributed by atoms with van der Waals surface area (Å²) >= 11 is 0. The van der Waals surface area contributed by atoms with Crippen LogP contribution in [0.3, 0.4) is 0 Å². The van der Waals surface area contributed by atoms with Crippen molar-refractivity contribution in [1.82, 2.24) is 9.97 Å². The fourth-order valence-electron chi connectivity index (χ4n) is 2.97. The summed E-state index contributed by atoms with van der Waals surface area (Å²) in [6.45, 7) is 5.29. The maximum absolute atomic E-state index is 6.04. The summed E-state index contributed by atoms with van der Waals surface area (Å²) < 4.78 is 6.04. The number of hydrogen-bond donors (Lipinski definition) is 2. The minimum atomic E-state index is -0.367. The fourth-order valence-corrected chi connectivity index (χ4v) is 2.97. The number of nitrogens with two attached hydrogens (primary N) is 2. The zero-order valence-electron chi connectivity index (χ0n) is 11.9. The molecular formula is C14H24N4O. The molecule has 0 spiro atoms. The van der Waals surface area contributed by atoms with Crippen LogP contribution in [0.2, 0.25) is 0 Å². The molecule has 0 amide bonds. The van der Waals surface area contributed by atoms with Gasteiger partial charge in [0, 0.05) is 24.9 Å². The molecule has 0 aliphatic heterocycles. The summed E-state index contributed by atoms with van der Waals surface area (Å²) in [5.74, 6) is 1.82. The lowest BCUT2D eigenvalue weighted by Gasteiger charge is -2.38. The standard InChI is InChI=1S/C14H24N4O/c1-3-19-14(6-4-5-10(2)7-14)13-17-9-11(8-15)12(16)18-13/h9-10H,3-8,15H2,1-2H3,(H2,16,17,18). The van der Waals surface area contributed by atoms with E-state index in [0.717, 1.165) is 30.7 Å². The summed E-state index contributed by atoms with van der Waals surface area (Å²) in [6.07, 6.45) is 6.04. The van der Waals surface area contributed by atoms with Crippen LogP contribution in [-0.2, 0) is 16.9 Å². The molecule has 1 aromatic rings. The highest BCUT2D eigenvalue weighted by Crippen LogP contribution is 2.41. The molecule has 0 saturated heterocycles. The van der Waals surface area contributed by atoms with Crippen LogP contribution in [0.4, 0.5) is 5.82 Å². The Morgan fingerprint density at radius 3 is 2.89 bits per heavy atom. The highest BCUT2D eigenvalue weighted by Gasteiger charge is 2.40. The first-order valence-corrected chi connectivity index (χ1v) is 7.07. The molecule has 0 aromatic carbocycles. The van der Waals surface area contributed by atoms with Crippen molar-refractivity contribution >= 4 is 5.82 Å². The monoisotopic (exact) mass is 264 g/mol. The van der Waals surface area contributed by atoms with Crippen molar-refractivity contribution in [3.05, 3.63) is 17.6 Å². The van der Waals surface area contributed by atoms with Crippen molar-refractivity contribution in [3.63, 3.8) is 0 Å². The summed E-state index contributed by atoms with van der Waals surface area (Å²) in [4.78, 5) is 8.92. The molecule has 19 heavy (non-hydrogen) atoms. The van der Waals surface area contributed by atoms with Gasteiger partial charge in [-0.3, -0.25) is 0 Å². The number of nitrogens with zero attached hydrogens (tertiary/aromatic N) is 2. The van der Waals surface area contributed by atoms with Gasteiger partial charge in [-0.25, -0.2) is 9.97 Å². The maximum Gasteiger partial charge on any atom is 0.162 e. The van der Waals surface area contributed by atoms with Crippen molar-refractivity contribution < 1.29 is 4.74 Å². The van der Waals surface area contributed by atoms with Gasteiger partial charge >= 0.3 is 0 Å². The van der Waals surface area contributed by atoms with Crippen LogP contribution < -0.4 is 11.5 Å². The summed E-state index contributed by atoms with van der Waals surface area (Å²) in [6, 6.07) is 0. The first-order valence-electron chi connectivity index (χ1n) is 7.07. The van der Waals surface area contributed by atoms with E-state index in [1.54, 1.807) is 6.20 Å². The van der Waals surface area contributed by atoms with E-state index in [1.165, 1.54) is 6.42 Å². The van der Waals surface area contributed by atoms with Gasteiger partial charge in [0.2, 0.25) is 0 Å². The Labute approximate surface area is 114 Å². The normalized spacial score (nSPS) is 27.4. The molecular weight excluding hydrogens is 240 g/mol. The molecule has 1 fully saturated rings. The Kier molecular flexibility index (Phi) is 4.37. The van der Waals surface area contributed by atoms with Gasteiger partial charge in [-0.2, -0.15) is 0 Å². The lowest BCUT2D eigenvalue weighted by atomic mass is 9.78. The number of anilines is 1. The van der Waals surface area contributed by atoms with Gasteiger partial charge in [-0.1, -0.05) is 13.3 Å². The molecule has 4 N–H and O–H groups in total. The van der Waals surface area contributed by atoms with Crippen molar-refractivity contribution in [1.29, 1.82) is 0 Å². The molecule has 1 aliphatic carbocycles. The minimum Gasteiger partial charge on any atom is -0.383 e. The van der Waals surface area contributed by atoms with Crippen molar-refractivity contribution in [2.24, 2.45) is 11.7 Å². The molecule has 5 heteroatoms. The second-order valence-electron chi connectivity index (χ2n) is 5.44. The van der Waals surface area contributed by atoms with E-state index in [1.807, 2.05) is 6.92 Å². The quantitative estimate of drug-likeness (QED) is 0.868. The molecule has 1 aromatic heterocycles. The third-order valence-electron chi connectivity index (χ3n) is 3.90. The lowest BCUT2D eigenvalue weighted by Crippen LogP contribution is -2.37. The SMILES string of the molecule is CCOC1(c2ncc(CN)c(N)n2)CCCC(C)C1. The lowest BCUT2D eigenvalue weighted by molar-refractivity contribution is -0.0880. The molecule has 5 nitrogen and oxygen atoms in total. The van der Waals surface area contributed by atoms with E-state index in [-0.39, 0.29) is 5.60 Å². The first-order chi connectivity index (χ1) is 9.11. The Morgan fingerprint density at radius 1 is 1.53 bits per heavy atom. The molecule has 1 heterocycles. The Balaban J connectivity index is 2.35. The van der Waals surface area contributed by atoms with Crippen LogP contribution in [-0.4, -0.2) is 16.6 Å². The third-order valence-corrected chi connectivity index (χ3v) is 3.90. The van der Waals surface area contributed by atoms with Crippen LogP contribution in [0.1, 0.15) is 50.9 Å². The summed E-state index contributed by atoms with van der Waals surface area (Å²) in [7, 11) is 0. The van der Waals surface area contributed by atoms with E-state index < -0.39 is 0 Å². The average Bonchev–Trinajstić information content (AvgIpc) is 2.39. The van der Waals surface area contributed by atoms with Gasteiger partial charge in [-0.05, 0) is 32.1 Å². The van der Waals surface area contributed by atoms with E-state index in [4.69, 9.17) is 16.2 Å². The number of ether oxygens (including phenoxy) is 1. The highest BCUT2D eigenvalue weighted by atomic mass is 16.5. The van der Waals surface area contributed by atoms with E-state index in [2.05, 4.69) is 16.9 Å². The van der Waals surface area contributed by atoms with Crippen molar-refractivity contribution in [2.45, 2.75) is 51.7 Å². The zero-order valence-corrected chi connectivity index (χ0v) is 11.9. The van der Waals surface area contributed by atoms with Gasteiger partial charge < -0.3 is 16.2 Å². The second-order valence-corrected chi connectivity index (χ2v) is 5.44. The molecule has 0 bridgehead atoms. The highest BCUT2D eigenvalue weighted by molar-refractivity contribution is 5.38. The summed E-state index contributed by atoms with van der Waals surface area (Å²) in [5.41, 5.74) is 12.0. The number of rotatable bonds is 4. The number of hydrogen-bond acceptors (Lipinski definition) is 5. The maximum atomic E-state index is 6.04. The molecule has 2 atom stereocenters. The van der Waals surface area contributed by atoms with E-state index in [9.17, 15) is 0 Å². The van der Waals surface area contributed by atoms with Gasteiger partial charge in [0.05, 0.1) is 0 Å².